The molecule has 4 heteroatoms. The summed E-state index contributed by atoms with van der Waals surface area (Å²) in [5.41, 5.74) is 0. The summed E-state index contributed by atoms with van der Waals surface area (Å²) in [5, 5.41) is 22.0. The van der Waals surface area contributed by atoms with Gasteiger partial charge in [0.05, 0.1) is 18.8 Å². The van der Waals surface area contributed by atoms with Crippen molar-refractivity contribution in [3.8, 4) is 0 Å². The largest absolute Gasteiger partial charge is 0.394 e. The highest BCUT2D eigenvalue weighted by molar-refractivity contribution is 5.76. The monoisotopic (exact) mass is 301 g/mol. The first-order valence-electron chi connectivity index (χ1n) is 8.73. The van der Waals surface area contributed by atoms with Gasteiger partial charge in [-0.2, -0.15) is 0 Å². The molecule has 0 aliphatic rings. The van der Waals surface area contributed by atoms with Crippen molar-refractivity contribution in [1.29, 1.82) is 0 Å². The maximum absolute atomic E-state index is 11.8. The lowest BCUT2D eigenvalue weighted by molar-refractivity contribution is -0.123. The first-order chi connectivity index (χ1) is 10.2. The van der Waals surface area contributed by atoms with Crippen LogP contribution in [0.2, 0.25) is 0 Å². The minimum atomic E-state index is -0.643. The predicted octanol–water partition coefficient (Wildman–Crippen LogP) is 3.16. The fourth-order valence-electron chi connectivity index (χ4n) is 2.41. The Morgan fingerprint density at radius 2 is 1.52 bits per heavy atom. The van der Waals surface area contributed by atoms with Crippen LogP contribution < -0.4 is 5.32 Å². The van der Waals surface area contributed by atoms with E-state index in [-0.39, 0.29) is 12.5 Å². The second-order valence-corrected chi connectivity index (χ2v) is 5.94. The van der Waals surface area contributed by atoms with Crippen LogP contribution in [0.15, 0.2) is 0 Å². The molecule has 0 aliphatic heterocycles. The Hall–Kier alpha value is -0.610. The first-order valence-corrected chi connectivity index (χ1v) is 8.73. The van der Waals surface area contributed by atoms with Gasteiger partial charge in [0, 0.05) is 6.42 Å². The lowest BCUT2D eigenvalue weighted by Crippen LogP contribution is -2.45. The highest BCUT2D eigenvalue weighted by Crippen LogP contribution is 2.09. The van der Waals surface area contributed by atoms with Crippen LogP contribution in [0.4, 0.5) is 0 Å². The van der Waals surface area contributed by atoms with Gasteiger partial charge in [0.25, 0.3) is 0 Å². The summed E-state index contributed by atoms with van der Waals surface area (Å²) in [4.78, 5) is 11.8. The minimum absolute atomic E-state index is 0.0564. The van der Waals surface area contributed by atoms with E-state index in [1.54, 1.807) is 0 Å². The molecule has 0 saturated heterocycles. The lowest BCUT2D eigenvalue weighted by atomic mass is 10.0. The number of rotatable bonds is 14. The van der Waals surface area contributed by atoms with Crippen LogP contribution in [0.3, 0.4) is 0 Å². The van der Waals surface area contributed by atoms with Gasteiger partial charge in [0.2, 0.25) is 5.91 Å². The number of hydrogen-bond donors (Lipinski definition) is 3. The fourth-order valence-corrected chi connectivity index (χ4v) is 2.41. The summed E-state index contributed by atoms with van der Waals surface area (Å²) in [7, 11) is 0. The number of carbonyl (C=O) groups excluding carboxylic acids is 1. The van der Waals surface area contributed by atoms with Crippen molar-refractivity contribution >= 4 is 5.91 Å². The number of nitrogens with one attached hydrogen (secondary N) is 1. The second-order valence-electron chi connectivity index (χ2n) is 5.94. The zero-order valence-corrected chi connectivity index (χ0v) is 13.9. The highest BCUT2D eigenvalue weighted by Gasteiger charge is 2.19. The van der Waals surface area contributed by atoms with E-state index in [1.165, 1.54) is 25.7 Å². The summed E-state index contributed by atoms with van der Waals surface area (Å²) in [5.74, 6) is -0.0564. The van der Waals surface area contributed by atoms with E-state index in [1.807, 2.05) is 0 Å². The summed E-state index contributed by atoms with van der Waals surface area (Å²) < 4.78 is 0. The van der Waals surface area contributed by atoms with Crippen molar-refractivity contribution < 1.29 is 15.0 Å². The zero-order valence-electron chi connectivity index (χ0n) is 13.9. The third-order valence-corrected chi connectivity index (χ3v) is 3.87. The molecule has 0 heterocycles. The third-order valence-electron chi connectivity index (χ3n) is 3.87. The van der Waals surface area contributed by atoms with Gasteiger partial charge in [-0.3, -0.25) is 4.79 Å². The molecule has 0 spiro atoms. The smallest absolute Gasteiger partial charge is 0.220 e. The Bertz CT molecular complexity index is 246. The molecule has 0 aliphatic carbocycles. The molecule has 0 aromatic carbocycles. The SMILES string of the molecule is CCCCCCCCC(=O)NC(CO)C(O)CCCCC. The Labute approximate surface area is 130 Å². The van der Waals surface area contributed by atoms with Crippen molar-refractivity contribution in [2.24, 2.45) is 0 Å². The van der Waals surface area contributed by atoms with E-state index in [2.05, 4.69) is 19.2 Å². The van der Waals surface area contributed by atoms with Gasteiger partial charge in [-0.05, 0) is 12.8 Å². The maximum Gasteiger partial charge on any atom is 0.220 e. The average Bonchev–Trinajstić information content (AvgIpc) is 2.48. The van der Waals surface area contributed by atoms with Crippen LogP contribution in [-0.2, 0) is 4.79 Å². The molecule has 0 aromatic rings. The van der Waals surface area contributed by atoms with Crippen LogP contribution in [0, 0.1) is 0 Å². The molecule has 0 radical (unpaired) electrons. The molecular weight excluding hydrogens is 266 g/mol. The van der Waals surface area contributed by atoms with Gasteiger partial charge in [0.1, 0.15) is 0 Å². The molecule has 0 aromatic heterocycles. The van der Waals surface area contributed by atoms with Crippen LogP contribution in [0.5, 0.6) is 0 Å². The van der Waals surface area contributed by atoms with Gasteiger partial charge in [-0.15, -0.1) is 0 Å². The molecule has 3 N–H and O–H groups in total. The highest BCUT2D eigenvalue weighted by atomic mass is 16.3. The average molecular weight is 301 g/mol. The van der Waals surface area contributed by atoms with Crippen LogP contribution >= 0.6 is 0 Å². The normalized spacial score (nSPS) is 13.9. The summed E-state index contributed by atoms with van der Waals surface area (Å²) in [6, 6.07) is -0.519. The summed E-state index contributed by atoms with van der Waals surface area (Å²) in [6.45, 7) is 4.10. The van der Waals surface area contributed by atoms with E-state index in [0.717, 1.165) is 32.1 Å². The molecule has 2 atom stereocenters. The molecule has 126 valence electrons. The Morgan fingerprint density at radius 1 is 0.952 bits per heavy atom. The predicted molar refractivity (Wildman–Crippen MR) is 87.2 cm³/mol. The number of unbranched alkanes of at least 4 members (excludes halogenated alkanes) is 7. The number of aliphatic hydroxyl groups excluding tert-OH is 2. The van der Waals surface area contributed by atoms with Crippen LogP contribution in [0.1, 0.15) is 84.5 Å². The van der Waals surface area contributed by atoms with Gasteiger partial charge in [-0.1, -0.05) is 65.2 Å². The summed E-state index contributed by atoms with van der Waals surface area (Å²) in [6.07, 6.45) is 10.5. The fraction of sp³-hybridized carbons (Fsp3) is 0.941. The molecule has 1 amide bonds. The van der Waals surface area contributed by atoms with Gasteiger partial charge in [-0.25, -0.2) is 0 Å². The van der Waals surface area contributed by atoms with Crippen LogP contribution in [-0.4, -0.2) is 34.9 Å². The Balaban J connectivity index is 3.77. The van der Waals surface area contributed by atoms with Crippen molar-refractivity contribution in [3.63, 3.8) is 0 Å². The molecule has 0 saturated carbocycles. The third kappa shape index (κ3) is 11.7. The molecular formula is C17H35NO3. The van der Waals surface area contributed by atoms with Gasteiger partial charge >= 0.3 is 0 Å². The van der Waals surface area contributed by atoms with Gasteiger partial charge in [0.15, 0.2) is 0 Å². The maximum atomic E-state index is 11.8. The van der Waals surface area contributed by atoms with E-state index in [0.29, 0.717) is 12.8 Å². The second kappa shape index (κ2) is 14.3. The Morgan fingerprint density at radius 3 is 2.14 bits per heavy atom. The number of aliphatic hydroxyl groups is 2. The van der Waals surface area contributed by atoms with Crippen molar-refractivity contribution in [3.05, 3.63) is 0 Å². The van der Waals surface area contributed by atoms with E-state index < -0.39 is 12.1 Å². The van der Waals surface area contributed by atoms with E-state index in [9.17, 15) is 15.0 Å². The van der Waals surface area contributed by atoms with E-state index in [4.69, 9.17) is 0 Å². The molecule has 21 heavy (non-hydrogen) atoms. The summed E-state index contributed by atoms with van der Waals surface area (Å²) >= 11 is 0. The number of amides is 1. The van der Waals surface area contributed by atoms with E-state index >= 15 is 0 Å². The molecule has 0 bridgehead atoms. The molecule has 0 fully saturated rings. The zero-order chi connectivity index (χ0) is 15.9. The van der Waals surface area contributed by atoms with Crippen molar-refractivity contribution in [1.82, 2.24) is 5.32 Å². The molecule has 4 nitrogen and oxygen atoms in total. The standard InChI is InChI=1S/C17H35NO3/c1-3-5-7-8-9-11-13-17(21)18-15(14-19)16(20)12-10-6-4-2/h15-16,19-20H,3-14H2,1-2H3,(H,18,21). The Kier molecular flexibility index (Phi) is 13.9. The number of hydrogen-bond acceptors (Lipinski definition) is 3. The van der Waals surface area contributed by atoms with Crippen molar-refractivity contribution in [2.75, 3.05) is 6.61 Å². The lowest BCUT2D eigenvalue weighted by Gasteiger charge is -2.22. The van der Waals surface area contributed by atoms with Gasteiger partial charge < -0.3 is 15.5 Å². The first kappa shape index (κ1) is 20.4. The quantitative estimate of drug-likeness (QED) is 0.432. The van der Waals surface area contributed by atoms with Crippen LogP contribution in [0.25, 0.3) is 0 Å². The molecule has 0 rings (SSSR count). The number of carbonyl (C=O) groups is 1. The topological polar surface area (TPSA) is 69.6 Å². The molecule has 2 unspecified atom stereocenters. The minimum Gasteiger partial charge on any atom is -0.394 e. The van der Waals surface area contributed by atoms with Crippen molar-refractivity contribution in [2.45, 2.75) is 96.6 Å².